The zero-order valence-electron chi connectivity index (χ0n) is 13.2. The van der Waals surface area contributed by atoms with Crippen LogP contribution in [0.1, 0.15) is 71.1 Å². The first-order valence-corrected chi connectivity index (χ1v) is 9.13. The number of hydrogen-bond donors (Lipinski definition) is 0. The van der Waals surface area contributed by atoms with Crippen molar-refractivity contribution < 1.29 is 0 Å². The number of hydrogen-bond acceptors (Lipinski definition) is 1. The Morgan fingerprint density at radius 1 is 0.850 bits per heavy atom. The summed E-state index contributed by atoms with van der Waals surface area (Å²) in [6, 6.07) is 2.64. The third kappa shape index (κ3) is 2.36. The van der Waals surface area contributed by atoms with Crippen molar-refractivity contribution in [1.82, 2.24) is 4.90 Å². The molecule has 1 nitrogen and oxygen atoms in total. The minimum Gasteiger partial charge on any atom is -0.294 e. The Bertz CT molecular complexity index is 353. The smallest absolute Gasteiger partial charge is 0.0138 e. The lowest BCUT2D eigenvalue weighted by molar-refractivity contribution is -0.0284. The minimum absolute atomic E-state index is 0.858. The molecular formula is C19H31N. The van der Waals surface area contributed by atoms with E-state index in [0.29, 0.717) is 0 Å². The first-order chi connectivity index (χ1) is 9.69. The van der Waals surface area contributed by atoms with E-state index in [0.717, 1.165) is 35.9 Å². The average Bonchev–Trinajstić information content (AvgIpc) is 2.35. The molecule has 4 fully saturated rings. The van der Waals surface area contributed by atoms with Crippen LogP contribution < -0.4 is 0 Å². The fourth-order valence-corrected chi connectivity index (χ4v) is 6.34. The molecule has 2 heterocycles. The van der Waals surface area contributed by atoms with Crippen LogP contribution in [0, 0.1) is 17.8 Å². The second-order valence-electron chi connectivity index (χ2n) is 8.51. The molecule has 0 aromatic rings. The summed E-state index contributed by atoms with van der Waals surface area (Å²) in [5, 5.41) is 0. The standard InChI is InChI=1S/C19H31N/c1-13-6-15-10-16(7-13)12-19(11-15)20-17-4-3-5-18(20)9-14(2)8-17/h13,15-19H,2-12H2,1H3/t13?,15-,16+,17-,18+,19?. The Morgan fingerprint density at radius 2 is 1.45 bits per heavy atom. The molecule has 0 aromatic carbocycles. The van der Waals surface area contributed by atoms with Crippen molar-refractivity contribution >= 4 is 0 Å². The van der Waals surface area contributed by atoms with E-state index in [4.69, 9.17) is 0 Å². The quantitative estimate of drug-likeness (QED) is 0.622. The SMILES string of the molecule is C=C1C[C@H]2CCC[C@@H](C1)N2C1C[C@H]2CC(C)C[C@@H](C1)C2. The monoisotopic (exact) mass is 273 g/mol. The van der Waals surface area contributed by atoms with Crippen molar-refractivity contribution in [1.29, 1.82) is 0 Å². The summed E-state index contributed by atoms with van der Waals surface area (Å²) >= 11 is 0. The highest BCUT2D eigenvalue weighted by Crippen LogP contribution is 2.47. The fraction of sp³-hybridized carbons (Fsp3) is 0.895. The van der Waals surface area contributed by atoms with Crippen LogP contribution in [-0.2, 0) is 0 Å². The third-order valence-electron chi connectivity index (χ3n) is 6.74. The van der Waals surface area contributed by atoms with Crippen molar-refractivity contribution in [2.45, 2.75) is 89.3 Å². The maximum Gasteiger partial charge on any atom is 0.0138 e. The van der Waals surface area contributed by atoms with Crippen LogP contribution in [0.5, 0.6) is 0 Å². The second kappa shape index (κ2) is 5.16. The van der Waals surface area contributed by atoms with E-state index >= 15 is 0 Å². The highest BCUT2D eigenvalue weighted by Gasteiger charge is 2.43. The molecule has 20 heavy (non-hydrogen) atoms. The Labute approximate surface area is 124 Å². The molecule has 4 aliphatic rings. The fourth-order valence-electron chi connectivity index (χ4n) is 6.34. The molecule has 1 heteroatoms. The first-order valence-electron chi connectivity index (χ1n) is 9.13. The Balaban J connectivity index is 1.51. The van der Waals surface area contributed by atoms with Gasteiger partial charge in [-0.25, -0.2) is 0 Å². The van der Waals surface area contributed by atoms with Crippen molar-refractivity contribution in [2.75, 3.05) is 0 Å². The highest BCUT2D eigenvalue weighted by atomic mass is 15.2. The van der Waals surface area contributed by atoms with E-state index in [1.165, 1.54) is 57.8 Å². The number of rotatable bonds is 1. The molecule has 0 radical (unpaired) electrons. The molecule has 0 N–H and O–H groups in total. The average molecular weight is 273 g/mol. The van der Waals surface area contributed by atoms with Crippen LogP contribution in [0.2, 0.25) is 0 Å². The molecule has 2 aliphatic carbocycles. The van der Waals surface area contributed by atoms with E-state index < -0.39 is 0 Å². The molecule has 4 rings (SSSR count). The van der Waals surface area contributed by atoms with Gasteiger partial charge in [0.1, 0.15) is 0 Å². The van der Waals surface area contributed by atoms with Gasteiger partial charge in [0.15, 0.2) is 0 Å². The van der Waals surface area contributed by atoms with Crippen molar-refractivity contribution in [3.05, 3.63) is 12.2 Å². The van der Waals surface area contributed by atoms with E-state index in [2.05, 4.69) is 18.4 Å². The normalized spacial score (nSPS) is 49.1. The van der Waals surface area contributed by atoms with Gasteiger partial charge in [0, 0.05) is 18.1 Å². The van der Waals surface area contributed by atoms with Crippen molar-refractivity contribution in [2.24, 2.45) is 17.8 Å². The number of piperidine rings is 2. The highest BCUT2D eigenvalue weighted by molar-refractivity contribution is 5.10. The van der Waals surface area contributed by atoms with Gasteiger partial charge < -0.3 is 0 Å². The van der Waals surface area contributed by atoms with Crippen molar-refractivity contribution in [3.63, 3.8) is 0 Å². The maximum atomic E-state index is 4.32. The topological polar surface area (TPSA) is 3.24 Å². The van der Waals surface area contributed by atoms with Gasteiger partial charge in [0.2, 0.25) is 0 Å². The molecule has 2 aliphatic heterocycles. The molecule has 2 saturated carbocycles. The van der Waals surface area contributed by atoms with Crippen LogP contribution in [0.15, 0.2) is 12.2 Å². The van der Waals surface area contributed by atoms with Gasteiger partial charge in [0.05, 0.1) is 0 Å². The molecule has 4 bridgehead atoms. The van der Waals surface area contributed by atoms with Crippen LogP contribution in [0.3, 0.4) is 0 Å². The van der Waals surface area contributed by atoms with Gasteiger partial charge in [-0.3, -0.25) is 4.90 Å². The second-order valence-corrected chi connectivity index (χ2v) is 8.51. The molecule has 2 saturated heterocycles. The van der Waals surface area contributed by atoms with Gasteiger partial charge in [-0.2, -0.15) is 0 Å². The summed E-state index contributed by atoms with van der Waals surface area (Å²) in [5.74, 6) is 3.10. The van der Waals surface area contributed by atoms with E-state index in [1.807, 2.05) is 0 Å². The zero-order chi connectivity index (χ0) is 13.7. The van der Waals surface area contributed by atoms with Crippen LogP contribution >= 0.6 is 0 Å². The minimum atomic E-state index is 0.858. The van der Waals surface area contributed by atoms with Gasteiger partial charge in [0.25, 0.3) is 0 Å². The lowest BCUT2D eigenvalue weighted by Crippen LogP contribution is -2.57. The lowest BCUT2D eigenvalue weighted by Gasteiger charge is -2.54. The van der Waals surface area contributed by atoms with Gasteiger partial charge in [-0.15, -0.1) is 0 Å². The van der Waals surface area contributed by atoms with Gasteiger partial charge in [-0.1, -0.05) is 25.5 Å². The summed E-state index contributed by atoms with van der Waals surface area (Å²) in [6.07, 6.45) is 14.6. The molecule has 0 aromatic heterocycles. The van der Waals surface area contributed by atoms with Crippen LogP contribution in [0.25, 0.3) is 0 Å². The van der Waals surface area contributed by atoms with Gasteiger partial charge in [-0.05, 0) is 75.5 Å². The number of fused-ring (bicyclic) bond motifs is 4. The predicted molar refractivity (Wildman–Crippen MR) is 84.7 cm³/mol. The maximum absolute atomic E-state index is 4.32. The largest absolute Gasteiger partial charge is 0.294 e. The van der Waals surface area contributed by atoms with E-state index in [9.17, 15) is 0 Å². The van der Waals surface area contributed by atoms with Crippen molar-refractivity contribution in [3.8, 4) is 0 Å². The summed E-state index contributed by atoms with van der Waals surface area (Å²) in [7, 11) is 0. The Kier molecular flexibility index (Phi) is 3.45. The van der Waals surface area contributed by atoms with Crippen LogP contribution in [-0.4, -0.2) is 23.0 Å². The third-order valence-corrected chi connectivity index (χ3v) is 6.74. The Morgan fingerprint density at radius 3 is 2.05 bits per heavy atom. The molecule has 0 amide bonds. The van der Waals surface area contributed by atoms with Gasteiger partial charge >= 0.3 is 0 Å². The Hall–Kier alpha value is -0.300. The number of nitrogens with zero attached hydrogens (tertiary/aromatic N) is 1. The molecule has 2 unspecified atom stereocenters. The summed E-state index contributed by atoms with van der Waals surface area (Å²) in [6.45, 7) is 6.80. The van der Waals surface area contributed by atoms with Crippen LogP contribution in [0.4, 0.5) is 0 Å². The molecule has 0 spiro atoms. The summed E-state index contributed by atoms with van der Waals surface area (Å²) in [5.41, 5.74) is 1.54. The van der Waals surface area contributed by atoms with E-state index in [-0.39, 0.29) is 0 Å². The summed E-state index contributed by atoms with van der Waals surface area (Å²) < 4.78 is 0. The molecular weight excluding hydrogens is 242 g/mol. The van der Waals surface area contributed by atoms with E-state index in [1.54, 1.807) is 12.0 Å². The molecule has 6 atom stereocenters. The zero-order valence-corrected chi connectivity index (χ0v) is 13.2. The molecule has 112 valence electrons. The lowest BCUT2D eigenvalue weighted by atomic mass is 9.65. The first kappa shape index (κ1) is 13.4. The summed E-state index contributed by atoms with van der Waals surface area (Å²) in [4.78, 5) is 3.01. The predicted octanol–water partition coefficient (Wildman–Crippen LogP) is 4.77.